The molecular formula is C88H62N4. The van der Waals surface area contributed by atoms with Crippen LogP contribution in [0.15, 0.2) is 376 Å². The van der Waals surface area contributed by atoms with Crippen LogP contribution in [-0.4, -0.2) is 0 Å². The summed E-state index contributed by atoms with van der Waals surface area (Å²) in [6.07, 6.45) is 0. The van der Waals surface area contributed by atoms with Gasteiger partial charge < -0.3 is 19.6 Å². The molecule has 0 heterocycles. The second-order valence-electron chi connectivity index (χ2n) is 23.4. The second-order valence-corrected chi connectivity index (χ2v) is 23.4. The monoisotopic (exact) mass is 1170 g/mol. The topological polar surface area (TPSA) is 13.0 Å². The first-order chi connectivity index (χ1) is 45.6. The summed E-state index contributed by atoms with van der Waals surface area (Å²) in [5.74, 6) is 0. The normalized spacial score (nSPS) is 11.3. The molecule has 0 unspecified atom stereocenters. The highest BCUT2D eigenvalue weighted by molar-refractivity contribution is 5.94. The molecule has 0 amide bonds. The highest BCUT2D eigenvalue weighted by Gasteiger charge is 2.19. The molecule has 92 heavy (non-hydrogen) atoms. The zero-order valence-corrected chi connectivity index (χ0v) is 50.6. The second kappa shape index (κ2) is 24.4. The van der Waals surface area contributed by atoms with Gasteiger partial charge in [0.05, 0.1) is 0 Å². The SMILES string of the molecule is c1ccc(N(c2ccc(-c3ccc(N(c4ccc(-c5ccc(N(c6ccc(-c7ccc(N(c8ccccc8)c8ccc9ccccc9c8)cc7)cc6)c6ccc7ccccc7c6)cc5)cc4)c4ccc5ccccc5c4)cc3)cc2)c2ccc3ccccc3c2)cc1. The van der Waals surface area contributed by atoms with Crippen LogP contribution in [0, 0.1) is 0 Å². The fourth-order valence-corrected chi connectivity index (χ4v) is 13.0. The van der Waals surface area contributed by atoms with Crippen LogP contribution in [0.5, 0.6) is 0 Å². The number of nitrogens with zero attached hydrogens (tertiary/aromatic N) is 4. The van der Waals surface area contributed by atoms with E-state index >= 15 is 0 Å². The van der Waals surface area contributed by atoms with E-state index < -0.39 is 0 Å². The first-order valence-electron chi connectivity index (χ1n) is 31.4. The minimum absolute atomic E-state index is 1.07. The number of fused-ring (bicyclic) bond motifs is 4. The van der Waals surface area contributed by atoms with Crippen LogP contribution < -0.4 is 19.6 Å². The first-order valence-corrected chi connectivity index (χ1v) is 31.4. The lowest BCUT2D eigenvalue weighted by molar-refractivity contribution is 1.28. The number of anilines is 12. The number of hydrogen-bond acceptors (Lipinski definition) is 4. The average molecular weight is 1180 g/mol. The standard InChI is InChI=1S/C88H62N4/c1-3-23-77(24-4-1)89(85-55-39-63-15-7-11-19-73(63)59-85)79-43-27-67(28-44-79)69-31-47-81(48-32-69)91(87-57-41-65-17-9-13-21-75(65)61-87)83-51-35-71(36-52-83)72-37-53-84(54-38-72)92(88-58-42-66-18-10-14-22-76(66)62-88)82-49-33-70(34-50-82)68-29-45-80(46-30-68)90(78-25-5-2-6-26-78)86-56-40-64-16-8-12-20-74(64)60-86/h1-62H. The Morgan fingerprint density at radius 1 is 0.109 bits per heavy atom. The van der Waals surface area contributed by atoms with Crippen LogP contribution in [-0.2, 0) is 0 Å². The van der Waals surface area contributed by atoms with Crippen LogP contribution in [0.2, 0.25) is 0 Å². The Balaban J connectivity index is 0.678. The van der Waals surface area contributed by atoms with E-state index in [2.05, 4.69) is 396 Å². The van der Waals surface area contributed by atoms with E-state index in [4.69, 9.17) is 0 Å². The molecule has 0 bridgehead atoms. The predicted octanol–water partition coefficient (Wildman–Crippen LogP) is 25.2. The van der Waals surface area contributed by atoms with Crippen molar-refractivity contribution in [1.29, 1.82) is 0 Å². The van der Waals surface area contributed by atoms with E-state index in [1.54, 1.807) is 0 Å². The van der Waals surface area contributed by atoms with Gasteiger partial charge in [-0.3, -0.25) is 0 Å². The van der Waals surface area contributed by atoms with Crippen molar-refractivity contribution in [3.63, 3.8) is 0 Å². The minimum atomic E-state index is 1.07. The number of benzene rings is 16. The van der Waals surface area contributed by atoms with Crippen molar-refractivity contribution in [2.24, 2.45) is 0 Å². The highest BCUT2D eigenvalue weighted by Crippen LogP contribution is 2.43. The van der Waals surface area contributed by atoms with Gasteiger partial charge in [0, 0.05) is 68.2 Å². The summed E-state index contributed by atoms with van der Waals surface area (Å²) in [6.45, 7) is 0. The molecule has 16 rings (SSSR count). The van der Waals surface area contributed by atoms with Gasteiger partial charge in [0.25, 0.3) is 0 Å². The predicted molar refractivity (Wildman–Crippen MR) is 392 cm³/mol. The van der Waals surface area contributed by atoms with Gasteiger partial charge in [0.15, 0.2) is 0 Å². The third-order valence-corrected chi connectivity index (χ3v) is 17.7. The van der Waals surface area contributed by atoms with Crippen LogP contribution in [0.25, 0.3) is 76.5 Å². The molecule has 0 atom stereocenters. The van der Waals surface area contributed by atoms with Gasteiger partial charge in [-0.15, -0.1) is 0 Å². The van der Waals surface area contributed by atoms with Gasteiger partial charge in [-0.05, 0) is 222 Å². The van der Waals surface area contributed by atoms with Crippen molar-refractivity contribution in [3.05, 3.63) is 376 Å². The molecule has 0 aromatic heterocycles. The summed E-state index contributed by atoms with van der Waals surface area (Å²) in [4.78, 5) is 9.39. The highest BCUT2D eigenvalue weighted by atomic mass is 15.2. The van der Waals surface area contributed by atoms with Gasteiger partial charge in [-0.2, -0.15) is 0 Å². The van der Waals surface area contributed by atoms with Crippen LogP contribution >= 0.6 is 0 Å². The Bertz CT molecular complexity index is 4910. The maximum Gasteiger partial charge on any atom is 0.0468 e. The fourth-order valence-electron chi connectivity index (χ4n) is 13.0. The molecule has 16 aromatic carbocycles. The van der Waals surface area contributed by atoms with Gasteiger partial charge >= 0.3 is 0 Å². The number of hydrogen-bond donors (Lipinski definition) is 0. The molecule has 0 saturated carbocycles. The van der Waals surface area contributed by atoms with Crippen LogP contribution in [0.3, 0.4) is 0 Å². The molecule has 16 aromatic rings. The molecule has 0 aliphatic heterocycles. The molecule has 0 radical (unpaired) electrons. The molecular weight excluding hydrogens is 1110 g/mol. The Hall–Kier alpha value is -12.2. The summed E-state index contributed by atoms with van der Waals surface area (Å²) in [7, 11) is 0. The quantitative estimate of drug-likeness (QED) is 0.101. The van der Waals surface area contributed by atoms with Gasteiger partial charge in [0.2, 0.25) is 0 Å². The third-order valence-electron chi connectivity index (χ3n) is 17.7. The van der Waals surface area contributed by atoms with Crippen molar-refractivity contribution in [3.8, 4) is 33.4 Å². The van der Waals surface area contributed by atoms with E-state index in [9.17, 15) is 0 Å². The summed E-state index contributed by atoms with van der Waals surface area (Å²) >= 11 is 0. The molecule has 0 N–H and O–H groups in total. The Kier molecular flexibility index (Phi) is 14.6. The Morgan fingerprint density at radius 3 is 0.457 bits per heavy atom. The fraction of sp³-hybridized carbons (Fsp3) is 0. The van der Waals surface area contributed by atoms with Crippen molar-refractivity contribution >= 4 is 111 Å². The molecule has 0 aliphatic rings. The Morgan fingerprint density at radius 2 is 0.261 bits per heavy atom. The zero-order valence-electron chi connectivity index (χ0n) is 50.6. The molecule has 0 fully saturated rings. The van der Waals surface area contributed by atoms with Crippen molar-refractivity contribution in [1.82, 2.24) is 0 Å². The minimum Gasteiger partial charge on any atom is -0.310 e. The number of rotatable bonds is 15. The third kappa shape index (κ3) is 11.0. The van der Waals surface area contributed by atoms with Gasteiger partial charge in [-0.25, -0.2) is 0 Å². The van der Waals surface area contributed by atoms with Crippen molar-refractivity contribution < 1.29 is 0 Å². The zero-order chi connectivity index (χ0) is 61.2. The lowest BCUT2D eigenvalue weighted by Gasteiger charge is -2.27. The first kappa shape index (κ1) is 55.1. The molecule has 4 nitrogen and oxygen atoms in total. The van der Waals surface area contributed by atoms with Crippen molar-refractivity contribution in [2.75, 3.05) is 19.6 Å². The smallest absolute Gasteiger partial charge is 0.0468 e. The summed E-state index contributed by atoms with van der Waals surface area (Å²) < 4.78 is 0. The largest absolute Gasteiger partial charge is 0.310 e. The molecule has 434 valence electrons. The molecule has 0 saturated heterocycles. The van der Waals surface area contributed by atoms with E-state index in [1.165, 1.54) is 43.1 Å². The molecule has 4 heteroatoms. The van der Waals surface area contributed by atoms with E-state index in [-0.39, 0.29) is 0 Å². The lowest BCUT2D eigenvalue weighted by atomic mass is 10.0. The lowest BCUT2D eigenvalue weighted by Crippen LogP contribution is -2.10. The maximum absolute atomic E-state index is 2.36. The number of para-hydroxylation sites is 2. The van der Waals surface area contributed by atoms with E-state index in [1.807, 2.05) is 0 Å². The van der Waals surface area contributed by atoms with E-state index in [0.29, 0.717) is 0 Å². The van der Waals surface area contributed by atoms with E-state index in [0.717, 1.165) is 102 Å². The molecule has 0 spiro atoms. The summed E-state index contributed by atoms with van der Waals surface area (Å²) in [6, 6.07) is 136. The Labute approximate surface area is 537 Å². The van der Waals surface area contributed by atoms with Crippen LogP contribution in [0.1, 0.15) is 0 Å². The summed E-state index contributed by atoms with van der Waals surface area (Å²) in [5, 5.41) is 9.69. The molecule has 0 aliphatic carbocycles. The maximum atomic E-state index is 2.36. The van der Waals surface area contributed by atoms with Crippen LogP contribution in [0.4, 0.5) is 68.2 Å². The summed E-state index contributed by atoms with van der Waals surface area (Å²) in [5.41, 5.74) is 20.0. The average Bonchev–Trinajstić information content (AvgIpc) is 3.68. The van der Waals surface area contributed by atoms with Gasteiger partial charge in [0.1, 0.15) is 0 Å². The van der Waals surface area contributed by atoms with Gasteiger partial charge in [-0.1, -0.05) is 231 Å². The van der Waals surface area contributed by atoms with Crippen molar-refractivity contribution in [2.45, 2.75) is 0 Å².